The van der Waals surface area contributed by atoms with Crippen molar-refractivity contribution < 1.29 is 4.79 Å². The summed E-state index contributed by atoms with van der Waals surface area (Å²) >= 11 is 0. The number of hydrogen-bond acceptors (Lipinski definition) is 3. The second-order valence-corrected chi connectivity index (χ2v) is 5.10. The van der Waals surface area contributed by atoms with Crippen molar-refractivity contribution in [2.45, 2.75) is 46.7 Å². The van der Waals surface area contributed by atoms with Crippen LogP contribution in [0.4, 0.5) is 0 Å². The highest BCUT2D eigenvalue weighted by molar-refractivity contribution is 5.76. The second-order valence-electron chi connectivity index (χ2n) is 5.10. The number of rotatable bonds is 6. The van der Waals surface area contributed by atoms with Crippen LogP contribution >= 0.6 is 0 Å². The molecule has 5 heteroatoms. The highest BCUT2D eigenvalue weighted by Gasteiger charge is 2.12. The third-order valence-electron chi connectivity index (χ3n) is 3.65. The number of carbonyl (C=O) groups excluding carboxylic acids is 1. The Kier molecular flexibility index (Phi) is 5.09. The zero-order valence-corrected chi connectivity index (χ0v) is 12.9. The minimum absolute atomic E-state index is 0.0573. The summed E-state index contributed by atoms with van der Waals surface area (Å²) in [5.41, 5.74) is 4.38. The van der Waals surface area contributed by atoms with Crippen molar-refractivity contribution >= 4 is 5.91 Å². The normalized spacial score (nSPS) is 10.6. The maximum atomic E-state index is 11.9. The summed E-state index contributed by atoms with van der Waals surface area (Å²) in [5.74, 6) is 0.0573. The van der Waals surface area contributed by atoms with E-state index >= 15 is 0 Å². The summed E-state index contributed by atoms with van der Waals surface area (Å²) in [6, 6.07) is 3.82. The van der Waals surface area contributed by atoms with Crippen LogP contribution in [0, 0.1) is 13.8 Å². The summed E-state index contributed by atoms with van der Waals surface area (Å²) in [4.78, 5) is 16.0. The molecule has 0 aliphatic heterocycles. The van der Waals surface area contributed by atoms with Crippen LogP contribution in [-0.2, 0) is 24.3 Å². The van der Waals surface area contributed by atoms with E-state index in [0.717, 1.165) is 29.9 Å². The second kappa shape index (κ2) is 7.02. The Labute approximate surface area is 125 Å². The molecule has 2 aromatic heterocycles. The molecular weight excluding hydrogens is 264 g/mol. The predicted molar refractivity (Wildman–Crippen MR) is 81.8 cm³/mol. The zero-order valence-electron chi connectivity index (χ0n) is 12.9. The Balaban J connectivity index is 1.85. The number of pyridine rings is 1. The Morgan fingerprint density at radius 3 is 2.81 bits per heavy atom. The Morgan fingerprint density at radius 1 is 1.38 bits per heavy atom. The molecule has 5 nitrogen and oxygen atoms in total. The molecule has 0 unspecified atom stereocenters. The summed E-state index contributed by atoms with van der Waals surface area (Å²) < 4.78 is 1.98. The van der Waals surface area contributed by atoms with Gasteiger partial charge in [-0.2, -0.15) is 5.10 Å². The van der Waals surface area contributed by atoms with E-state index in [4.69, 9.17) is 0 Å². The lowest BCUT2D eigenvalue weighted by molar-refractivity contribution is -0.121. The maximum absolute atomic E-state index is 11.9. The summed E-state index contributed by atoms with van der Waals surface area (Å²) in [7, 11) is 0. The third-order valence-corrected chi connectivity index (χ3v) is 3.65. The summed E-state index contributed by atoms with van der Waals surface area (Å²) in [6.07, 6.45) is 4.70. The van der Waals surface area contributed by atoms with Crippen LogP contribution in [0.2, 0.25) is 0 Å². The minimum atomic E-state index is 0.0573. The maximum Gasteiger partial charge on any atom is 0.220 e. The van der Waals surface area contributed by atoms with Gasteiger partial charge >= 0.3 is 0 Å². The van der Waals surface area contributed by atoms with Crippen molar-refractivity contribution in [3.63, 3.8) is 0 Å². The smallest absolute Gasteiger partial charge is 0.220 e. The largest absolute Gasteiger partial charge is 0.352 e. The number of aryl methyl sites for hydroxylation is 2. The standard InChI is InChI=1S/C16H22N4O/c1-4-20-13(3)15(12(2)19-20)7-8-16(21)18-11-14-6-5-9-17-10-14/h5-6,9-10H,4,7-8,11H2,1-3H3,(H,18,21). The first kappa shape index (κ1) is 15.2. The van der Waals surface area contributed by atoms with E-state index in [2.05, 4.69) is 29.2 Å². The van der Waals surface area contributed by atoms with Gasteiger partial charge in [0.2, 0.25) is 5.91 Å². The molecule has 0 aliphatic rings. The van der Waals surface area contributed by atoms with Gasteiger partial charge in [-0.1, -0.05) is 6.07 Å². The van der Waals surface area contributed by atoms with Crippen molar-refractivity contribution in [3.8, 4) is 0 Å². The SMILES string of the molecule is CCn1nc(C)c(CCC(=O)NCc2cccnc2)c1C. The van der Waals surface area contributed by atoms with Crippen LogP contribution in [-0.4, -0.2) is 20.7 Å². The zero-order chi connectivity index (χ0) is 15.2. The molecule has 2 aromatic rings. The molecule has 0 bridgehead atoms. The molecule has 0 aromatic carbocycles. The first-order valence-electron chi connectivity index (χ1n) is 7.30. The Bertz CT molecular complexity index is 604. The van der Waals surface area contributed by atoms with Crippen LogP contribution < -0.4 is 5.32 Å². The fourth-order valence-corrected chi connectivity index (χ4v) is 2.43. The van der Waals surface area contributed by atoms with Crippen molar-refractivity contribution in [2.24, 2.45) is 0 Å². The lowest BCUT2D eigenvalue weighted by Gasteiger charge is -2.06. The molecule has 0 saturated carbocycles. The average molecular weight is 286 g/mol. The lowest BCUT2D eigenvalue weighted by atomic mass is 10.1. The molecule has 0 atom stereocenters. The predicted octanol–water partition coefficient (Wildman–Crippen LogP) is 2.16. The third kappa shape index (κ3) is 3.90. The molecule has 0 spiro atoms. The van der Waals surface area contributed by atoms with Crippen molar-refractivity contribution in [3.05, 3.63) is 47.0 Å². The molecule has 1 amide bonds. The average Bonchev–Trinajstić information content (AvgIpc) is 2.78. The molecule has 1 N–H and O–H groups in total. The number of carbonyl (C=O) groups is 1. The van der Waals surface area contributed by atoms with Gasteiger partial charge in [-0.25, -0.2) is 0 Å². The van der Waals surface area contributed by atoms with Crippen molar-refractivity contribution in [1.82, 2.24) is 20.1 Å². The molecule has 21 heavy (non-hydrogen) atoms. The highest BCUT2D eigenvalue weighted by Crippen LogP contribution is 2.15. The number of aromatic nitrogens is 3. The van der Waals surface area contributed by atoms with Gasteiger partial charge in [0.1, 0.15) is 0 Å². The van der Waals surface area contributed by atoms with Gasteiger partial charge in [0, 0.05) is 37.6 Å². The quantitative estimate of drug-likeness (QED) is 0.885. The fourth-order valence-electron chi connectivity index (χ4n) is 2.43. The minimum Gasteiger partial charge on any atom is -0.352 e. The van der Waals surface area contributed by atoms with E-state index in [1.54, 1.807) is 12.4 Å². The van der Waals surface area contributed by atoms with E-state index < -0.39 is 0 Å². The van der Waals surface area contributed by atoms with Crippen LogP contribution in [0.1, 0.15) is 35.9 Å². The van der Waals surface area contributed by atoms with Crippen LogP contribution in [0.25, 0.3) is 0 Å². The highest BCUT2D eigenvalue weighted by atomic mass is 16.1. The van der Waals surface area contributed by atoms with Crippen LogP contribution in [0.5, 0.6) is 0 Å². The summed E-state index contributed by atoms with van der Waals surface area (Å²) in [5, 5.41) is 7.40. The van der Waals surface area contributed by atoms with E-state index in [9.17, 15) is 4.79 Å². The number of amides is 1. The molecule has 2 rings (SSSR count). The molecule has 2 heterocycles. The molecule has 0 saturated heterocycles. The van der Waals surface area contributed by atoms with Gasteiger partial charge in [0.25, 0.3) is 0 Å². The topological polar surface area (TPSA) is 59.8 Å². The van der Waals surface area contributed by atoms with Gasteiger partial charge in [-0.3, -0.25) is 14.5 Å². The Hall–Kier alpha value is -2.17. The fraction of sp³-hybridized carbons (Fsp3) is 0.438. The molecular formula is C16H22N4O. The van der Waals surface area contributed by atoms with Gasteiger partial charge < -0.3 is 5.32 Å². The van der Waals surface area contributed by atoms with Crippen LogP contribution in [0.3, 0.4) is 0 Å². The van der Waals surface area contributed by atoms with Gasteiger partial charge in [-0.15, -0.1) is 0 Å². The molecule has 0 fully saturated rings. The van der Waals surface area contributed by atoms with Crippen LogP contribution in [0.15, 0.2) is 24.5 Å². The summed E-state index contributed by atoms with van der Waals surface area (Å²) in [6.45, 7) is 7.52. The number of hydrogen-bond donors (Lipinski definition) is 1. The Morgan fingerprint density at radius 2 is 2.19 bits per heavy atom. The van der Waals surface area contributed by atoms with E-state index in [1.165, 1.54) is 5.56 Å². The van der Waals surface area contributed by atoms with Crippen molar-refractivity contribution in [2.75, 3.05) is 0 Å². The molecule has 0 radical (unpaired) electrons. The molecule has 112 valence electrons. The first-order chi connectivity index (χ1) is 10.1. The van der Waals surface area contributed by atoms with E-state index in [-0.39, 0.29) is 5.91 Å². The molecule has 0 aliphatic carbocycles. The number of nitrogens with one attached hydrogen (secondary N) is 1. The van der Waals surface area contributed by atoms with Gasteiger partial charge in [-0.05, 0) is 44.4 Å². The first-order valence-corrected chi connectivity index (χ1v) is 7.30. The van der Waals surface area contributed by atoms with E-state index in [1.807, 2.05) is 23.7 Å². The number of nitrogens with zero attached hydrogens (tertiary/aromatic N) is 3. The monoisotopic (exact) mass is 286 g/mol. The van der Waals surface area contributed by atoms with E-state index in [0.29, 0.717) is 13.0 Å². The van der Waals surface area contributed by atoms with Gasteiger partial charge in [0.15, 0.2) is 0 Å². The van der Waals surface area contributed by atoms with Crippen molar-refractivity contribution in [1.29, 1.82) is 0 Å². The van der Waals surface area contributed by atoms with Gasteiger partial charge in [0.05, 0.1) is 5.69 Å². The lowest BCUT2D eigenvalue weighted by Crippen LogP contribution is -2.23.